The minimum absolute atomic E-state index is 0.0627. The quantitative estimate of drug-likeness (QED) is 0.760. The summed E-state index contributed by atoms with van der Waals surface area (Å²) >= 11 is 0. The van der Waals surface area contributed by atoms with Crippen molar-refractivity contribution in [1.82, 2.24) is 4.90 Å². The average Bonchev–Trinajstić information content (AvgIpc) is 2.57. The molecule has 0 aliphatic carbocycles. The molecular weight excluding hydrogens is 376 g/mol. The molecule has 2 saturated heterocycles. The molecule has 2 fully saturated rings. The van der Waals surface area contributed by atoms with Crippen molar-refractivity contribution in [1.29, 1.82) is 0 Å². The number of carbonyl (C=O) groups is 3. The van der Waals surface area contributed by atoms with Crippen LogP contribution in [0.3, 0.4) is 0 Å². The monoisotopic (exact) mass is 404 g/mol. The molecule has 2 aliphatic rings. The van der Waals surface area contributed by atoms with Crippen LogP contribution in [0.4, 0.5) is 5.69 Å². The lowest BCUT2D eigenvalue weighted by molar-refractivity contribution is -0.177. The van der Waals surface area contributed by atoms with Crippen molar-refractivity contribution < 1.29 is 29.0 Å². The number of likely N-dealkylation sites (tertiary alicyclic amines) is 1. The molecule has 1 aromatic carbocycles. The average molecular weight is 404 g/mol. The minimum atomic E-state index is -1.73. The van der Waals surface area contributed by atoms with Crippen LogP contribution >= 0.6 is 0 Å². The predicted octanol–water partition coefficient (Wildman–Crippen LogP) is 1.28. The summed E-state index contributed by atoms with van der Waals surface area (Å²) in [7, 11) is 0. The smallest absolute Gasteiger partial charge is 0.338 e. The molecular formula is C21H28N2O6. The molecule has 2 heterocycles. The third-order valence-electron chi connectivity index (χ3n) is 4.82. The molecule has 8 nitrogen and oxygen atoms in total. The Labute approximate surface area is 170 Å². The van der Waals surface area contributed by atoms with E-state index in [0.717, 1.165) is 25.1 Å². The zero-order valence-electron chi connectivity index (χ0n) is 17.3. The Kier molecular flexibility index (Phi) is 5.95. The SMILES string of the molecule is Cc1cc(C(=O)N2CCC2)cc(N2CCO[C@H]([C@@H](O)C(=O)OC(C)(C)C)C2=O)c1. The van der Waals surface area contributed by atoms with E-state index >= 15 is 0 Å². The van der Waals surface area contributed by atoms with E-state index in [-0.39, 0.29) is 19.1 Å². The van der Waals surface area contributed by atoms with E-state index in [1.165, 1.54) is 4.90 Å². The van der Waals surface area contributed by atoms with Gasteiger partial charge in [-0.2, -0.15) is 0 Å². The maximum absolute atomic E-state index is 13.0. The van der Waals surface area contributed by atoms with Crippen molar-refractivity contribution in [3.8, 4) is 0 Å². The molecule has 2 atom stereocenters. The van der Waals surface area contributed by atoms with Crippen LogP contribution in [0.25, 0.3) is 0 Å². The Hall–Kier alpha value is -2.45. The maximum Gasteiger partial charge on any atom is 0.338 e. The van der Waals surface area contributed by atoms with Crippen LogP contribution in [0.15, 0.2) is 18.2 Å². The number of aliphatic hydroxyl groups is 1. The summed E-state index contributed by atoms with van der Waals surface area (Å²) in [4.78, 5) is 40.9. The Morgan fingerprint density at radius 1 is 1.21 bits per heavy atom. The lowest BCUT2D eigenvalue weighted by Gasteiger charge is -2.35. The number of carbonyl (C=O) groups excluding carboxylic acids is 3. The summed E-state index contributed by atoms with van der Waals surface area (Å²) in [5, 5.41) is 10.3. The summed E-state index contributed by atoms with van der Waals surface area (Å²) in [6.45, 7) is 8.78. The van der Waals surface area contributed by atoms with Crippen molar-refractivity contribution in [3.05, 3.63) is 29.3 Å². The number of anilines is 1. The lowest BCUT2D eigenvalue weighted by atomic mass is 10.0. The molecule has 0 radical (unpaired) electrons. The van der Waals surface area contributed by atoms with Gasteiger partial charge in [-0.05, 0) is 57.9 Å². The van der Waals surface area contributed by atoms with E-state index in [1.54, 1.807) is 43.9 Å². The Morgan fingerprint density at radius 3 is 2.48 bits per heavy atom. The van der Waals surface area contributed by atoms with Crippen molar-refractivity contribution in [3.63, 3.8) is 0 Å². The van der Waals surface area contributed by atoms with Crippen LogP contribution in [0, 0.1) is 6.92 Å². The summed E-state index contributed by atoms with van der Waals surface area (Å²) in [5.41, 5.74) is 1.11. The summed E-state index contributed by atoms with van der Waals surface area (Å²) in [6, 6.07) is 5.27. The standard InChI is InChI=1S/C21H28N2O6/c1-13-10-14(18(25)22-6-5-7-22)12-15(11-13)23-8-9-28-17(19(23)26)16(24)20(27)29-21(2,3)4/h10-12,16-17,24H,5-9H2,1-4H3/t16-,17-/m1/s1. The molecule has 1 N–H and O–H groups in total. The van der Waals surface area contributed by atoms with Crippen LogP contribution in [0.2, 0.25) is 0 Å². The Bertz CT molecular complexity index is 812. The Balaban J connectivity index is 1.80. The van der Waals surface area contributed by atoms with E-state index in [1.807, 2.05) is 6.92 Å². The first-order chi connectivity index (χ1) is 13.6. The van der Waals surface area contributed by atoms with Gasteiger partial charge in [-0.25, -0.2) is 4.79 Å². The van der Waals surface area contributed by atoms with Gasteiger partial charge >= 0.3 is 5.97 Å². The number of hydrogen-bond acceptors (Lipinski definition) is 6. The molecule has 0 bridgehead atoms. The molecule has 1 aromatic rings. The highest BCUT2D eigenvalue weighted by molar-refractivity contribution is 6.02. The van der Waals surface area contributed by atoms with Crippen molar-refractivity contribution in [2.75, 3.05) is 31.1 Å². The first kappa shape index (κ1) is 21.3. The molecule has 2 aliphatic heterocycles. The third kappa shape index (κ3) is 4.76. The highest BCUT2D eigenvalue weighted by atomic mass is 16.6. The van der Waals surface area contributed by atoms with Crippen LogP contribution in [0.1, 0.15) is 43.1 Å². The van der Waals surface area contributed by atoms with Gasteiger partial charge in [0.1, 0.15) is 5.60 Å². The summed E-state index contributed by atoms with van der Waals surface area (Å²) in [5.74, 6) is -1.51. The molecule has 8 heteroatoms. The van der Waals surface area contributed by atoms with Gasteiger partial charge < -0.3 is 24.4 Å². The molecule has 158 valence electrons. The van der Waals surface area contributed by atoms with Crippen LogP contribution < -0.4 is 4.90 Å². The number of aryl methyl sites for hydroxylation is 1. The van der Waals surface area contributed by atoms with Crippen LogP contribution in [-0.4, -0.2) is 71.8 Å². The number of ether oxygens (including phenoxy) is 2. The molecule has 0 spiro atoms. The second kappa shape index (κ2) is 8.12. The topological polar surface area (TPSA) is 96.4 Å². The largest absolute Gasteiger partial charge is 0.458 e. The molecule has 29 heavy (non-hydrogen) atoms. The highest BCUT2D eigenvalue weighted by Gasteiger charge is 2.41. The van der Waals surface area contributed by atoms with E-state index < -0.39 is 29.7 Å². The minimum Gasteiger partial charge on any atom is -0.458 e. The van der Waals surface area contributed by atoms with Crippen molar-refractivity contribution in [2.45, 2.75) is 51.9 Å². The normalized spacial score (nSPS) is 20.9. The predicted molar refractivity (Wildman–Crippen MR) is 106 cm³/mol. The maximum atomic E-state index is 13.0. The first-order valence-corrected chi connectivity index (χ1v) is 9.82. The van der Waals surface area contributed by atoms with E-state index in [0.29, 0.717) is 11.3 Å². The molecule has 2 amide bonds. The van der Waals surface area contributed by atoms with Gasteiger partial charge in [0.15, 0.2) is 12.2 Å². The lowest BCUT2D eigenvalue weighted by Crippen LogP contribution is -2.55. The number of aliphatic hydroxyl groups excluding tert-OH is 1. The van der Waals surface area contributed by atoms with Crippen LogP contribution in [0.5, 0.6) is 0 Å². The number of esters is 1. The number of rotatable bonds is 4. The van der Waals surface area contributed by atoms with Gasteiger partial charge in [0, 0.05) is 30.9 Å². The molecule has 3 rings (SSSR count). The zero-order chi connectivity index (χ0) is 21.3. The first-order valence-electron chi connectivity index (χ1n) is 9.82. The van der Waals surface area contributed by atoms with E-state index in [9.17, 15) is 19.5 Å². The number of hydrogen-bond donors (Lipinski definition) is 1. The summed E-state index contributed by atoms with van der Waals surface area (Å²) < 4.78 is 10.6. The Morgan fingerprint density at radius 2 is 1.90 bits per heavy atom. The fourth-order valence-electron chi connectivity index (χ4n) is 3.32. The second-order valence-electron chi connectivity index (χ2n) is 8.46. The highest BCUT2D eigenvalue weighted by Crippen LogP contribution is 2.25. The summed E-state index contributed by atoms with van der Waals surface area (Å²) in [6.07, 6.45) is -2.08. The number of nitrogens with zero attached hydrogens (tertiary/aromatic N) is 2. The molecule has 0 saturated carbocycles. The molecule has 0 aromatic heterocycles. The fraction of sp³-hybridized carbons (Fsp3) is 0.571. The van der Waals surface area contributed by atoms with Gasteiger partial charge in [0.2, 0.25) is 0 Å². The van der Waals surface area contributed by atoms with Gasteiger partial charge in [0.05, 0.1) is 6.61 Å². The third-order valence-corrected chi connectivity index (χ3v) is 4.82. The molecule has 0 unspecified atom stereocenters. The van der Waals surface area contributed by atoms with Gasteiger partial charge in [-0.3, -0.25) is 9.59 Å². The number of morpholine rings is 1. The van der Waals surface area contributed by atoms with Gasteiger partial charge in [-0.1, -0.05) is 0 Å². The van der Waals surface area contributed by atoms with Crippen molar-refractivity contribution in [2.24, 2.45) is 0 Å². The number of amides is 2. The van der Waals surface area contributed by atoms with Crippen LogP contribution in [-0.2, 0) is 19.1 Å². The fourth-order valence-corrected chi connectivity index (χ4v) is 3.32. The van der Waals surface area contributed by atoms with Crippen molar-refractivity contribution >= 4 is 23.5 Å². The second-order valence-corrected chi connectivity index (χ2v) is 8.46. The zero-order valence-corrected chi connectivity index (χ0v) is 17.3. The number of benzene rings is 1. The van der Waals surface area contributed by atoms with E-state index in [2.05, 4.69) is 0 Å². The van der Waals surface area contributed by atoms with Gasteiger partial charge in [-0.15, -0.1) is 0 Å². The van der Waals surface area contributed by atoms with E-state index in [4.69, 9.17) is 9.47 Å². The van der Waals surface area contributed by atoms with Gasteiger partial charge in [0.25, 0.3) is 11.8 Å².